The molecule has 0 N–H and O–H groups in total. The summed E-state index contributed by atoms with van der Waals surface area (Å²) in [5, 5.41) is 0. The maximum Gasteiger partial charge on any atom is 0.319 e. The highest BCUT2D eigenvalue weighted by Crippen LogP contribution is 2.45. The predicted molar refractivity (Wildman–Crippen MR) is 98.4 cm³/mol. The van der Waals surface area contributed by atoms with Gasteiger partial charge in [0.1, 0.15) is 11.5 Å². The van der Waals surface area contributed by atoms with Crippen LogP contribution in [0, 0.1) is 11.3 Å². The van der Waals surface area contributed by atoms with Gasteiger partial charge in [-0.1, -0.05) is 31.8 Å². The number of allylic oxidation sites excluding steroid dienone is 1. The summed E-state index contributed by atoms with van der Waals surface area (Å²) in [4.78, 5) is 36.9. The van der Waals surface area contributed by atoms with Crippen LogP contribution in [0.1, 0.15) is 77.6 Å². The summed E-state index contributed by atoms with van der Waals surface area (Å²) >= 11 is 0. The number of Topliss-reactive ketones (excluding diaryl/α,β-unsaturated/α-hetero) is 1. The normalized spacial score (nSPS) is 32.2. The van der Waals surface area contributed by atoms with E-state index in [1.807, 2.05) is 12.2 Å². The van der Waals surface area contributed by atoms with Crippen LogP contribution < -0.4 is 0 Å². The van der Waals surface area contributed by atoms with Crippen molar-refractivity contribution in [3.63, 3.8) is 0 Å². The van der Waals surface area contributed by atoms with E-state index in [2.05, 4.69) is 0 Å². The van der Waals surface area contributed by atoms with Crippen LogP contribution in [-0.2, 0) is 23.9 Å². The maximum absolute atomic E-state index is 12.9. The monoisotopic (exact) mass is 364 g/mol. The third-order valence-electron chi connectivity index (χ3n) is 5.85. The Labute approximate surface area is 156 Å². The van der Waals surface area contributed by atoms with E-state index in [9.17, 15) is 14.4 Å². The molecule has 3 atom stereocenters. The fraction of sp³-hybridized carbons (Fsp3) is 0.762. The smallest absolute Gasteiger partial charge is 0.319 e. The van der Waals surface area contributed by atoms with Crippen LogP contribution in [0.25, 0.3) is 0 Å². The molecule has 1 saturated carbocycles. The lowest BCUT2D eigenvalue weighted by molar-refractivity contribution is -0.164. The zero-order chi connectivity index (χ0) is 19.0. The molecule has 0 aromatic rings. The van der Waals surface area contributed by atoms with E-state index >= 15 is 0 Å². The summed E-state index contributed by atoms with van der Waals surface area (Å²) in [7, 11) is 1.36. The zero-order valence-corrected chi connectivity index (χ0v) is 16.1. The summed E-state index contributed by atoms with van der Waals surface area (Å²) in [5.74, 6) is -0.674. The van der Waals surface area contributed by atoms with Crippen molar-refractivity contribution in [3.8, 4) is 0 Å². The number of ketones is 1. The molecular weight excluding hydrogens is 332 g/mol. The van der Waals surface area contributed by atoms with E-state index in [0.717, 1.165) is 57.8 Å². The molecule has 0 aliphatic heterocycles. The summed E-state index contributed by atoms with van der Waals surface area (Å²) in [5.41, 5.74) is -1.07. The van der Waals surface area contributed by atoms with Gasteiger partial charge in [-0.2, -0.15) is 0 Å². The molecule has 0 amide bonds. The molecule has 26 heavy (non-hydrogen) atoms. The SMILES string of the molecule is COC(=O)[C@@]12C/C=C\C(OC(C)=O)CCCCCCC[C@H]1CCCC2=O. The first kappa shape index (κ1) is 20.7. The van der Waals surface area contributed by atoms with Gasteiger partial charge in [-0.25, -0.2) is 0 Å². The second-order valence-corrected chi connectivity index (χ2v) is 7.60. The minimum Gasteiger partial charge on any atom is -0.468 e. The second kappa shape index (κ2) is 9.89. The molecule has 0 saturated heterocycles. The van der Waals surface area contributed by atoms with Gasteiger partial charge in [0, 0.05) is 13.3 Å². The first-order valence-electron chi connectivity index (χ1n) is 9.96. The Morgan fingerprint density at radius 1 is 1.04 bits per heavy atom. The topological polar surface area (TPSA) is 69.7 Å². The van der Waals surface area contributed by atoms with E-state index in [1.54, 1.807) is 0 Å². The van der Waals surface area contributed by atoms with Gasteiger partial charge < -0.3 is 9.47 Å². The zero-order valence-electron chi connectivity index (χ0n) is 16.1. The van der Waals surface area contributed by atoms with E-state index < -0.39 is 11.4 Å². The molecule has 0 spiro atoms. The highest BCUT2D eigenvalue weighted by atomic mass is 16.5. The van der Waals surface area contributed by atoms with Gasteiger partial charge in [0.05, 0.1) is 7.11 Å². The Morgan fingerprint density at radius 2 is 1.69 bits per heavy atom. The number of ether oxygens (including phenoxy) is 2. The summed E-state index contributed by atoms with van der Waals surface area (Å²) in [6, 6.07) is 0. The molecule has 2 aliphatic rings. The van der Waals surface area contributed by atoms with Gasteiger partial charge in [-0.05, 0) is 50.5 Å². The van der Waals surface area contributed by atoms with E-state index in [1.165, 1.54) is 14.0 Å². The molecule has 146 valence electrons. The van der Waals surface area contributed by atoms with Gasteiger partial charge in [-0.15, -0.1) is 0 Å². The summed E-state index contributed by atoms with van der Waals surface area (Å²) < 4.78 is 10.5. The van der Waals surface area contributed by atoms with E-state index in [0.29, 0.717) is 12.8 Å². The number of carbonyl (C=O) groups is 3. The molecule has 1 fully saturated rings. The van der Waals surface area contributed by atoms with Gasteiger partial charge in [0.2, 0.25) is 0 Å². The molecule has 5 nitrogen and oxygen atoms in total. The lowest BCUT2D eigenvalue weighted by Crippen LogP contribution is -2.48. The Morgan fingerprint density at radius 3 is 2.38 bits per heavy atom. The lowest BCUT2D eigenvalue weighted by Gasteiger charge is -2.40. The van der Waals surface area contributed by atoms with E-state index in [4.69, 9.17) is 9.47 Å². The molecule has 0 aromatic carbocycles. The third-order valence-corrected chi connectivity index (χ3v) is 5.85. The average Bonchev–Trinajstić information content (AvgIpc) is 2.62. The third kappa shape index (κ3) is 4.95. The molecule has 2 aliphatic carbocycles. The average molecular weight is 364 g/mol. The van der Waals surface area contributed by atoms with Crippen LogP contribution >= 0.6 is 0 Å². The highest BCUT2D eigenvalue weighted by Gasteiger charge is 2.52. The van der Waals surface area contributed by atoms with E-state index in [-0.39, 0.29) is 23.8 Å². The highest BCUT2D eigenvalue weighted by molar-refractivity contribution is 6.04. The minimum atomic E-state index is -1.07. The fourth-order valence-corrected chi connectivity index (χ4v) is 4.50. The molecule has 0 aromatic heterocycles. The lowest BCUT2D eigenvalue weighted by atomic mass is 9.62. The number of fused-ring (bicyclic) bond motifs is 1. The van der Waals surface area contributed by atoms with Crippen LogP contribution in [0.2, 0.25) is 0 Å². The van der Waals surface area contributed by atoms with Crippen molar-refractivity contribution < 1.29 is 23.9 Å². The van der Waals surface area contributed by atoms with Crippen molar-refractivity contribution in [2.75, 3.05) is 7.11 Å². The van der Waals surface area contributed by atoms with Crippen LogP contribution in [0.3, 0.4) is 0 Å². The summed E-state index contributed by atoms with van der Waals surface area (Å²) in [6.45, 7) is 1.41. The molecule has 5 heteroatoms. The van der Waals surface area contributed by atoms with Gasteiger partial charge in [-0.3, -0.25) is 14.4 Å². The van der Waals surface area contributed by atoms with Crippen LogP contribution in [-0.4, -0.2) is 30.9 Å². The number of methoxy groups -OCH3 is 1. The van der Waals surface area contributed by atoms with Crippen molar-refractivity contribution in [2.24, 2.45) is 11.3 Å². The van der Waals surface area contributed by atoms with Crippen LogP contribution in [0.4, 0.5) is 0 Å². The van der Waals surface area contributed by atoms with Crippen LogP contribution in [0.5, 0.6) is 0 Å². The minimum absolute atomic E-state index is 0.00385. The standard InChI is InChI=1S/C21H32O5/c1-16(22)26-18-12-7-5-3-4-6-10-17-11-8-14-19(23)21(17,15-9-13-18)20(24)25-2/h9,13,17-18H,3-8,10-12,14-15H2,1-2H3/b13-9-/t17-,18?,21-/m0/s1. The molecular formula is C21H32O5. The summed E-state index contributed by atoms with van der Waals surface area (Å²) in [6.07, 6.45) is 13.0. The number of rotatable bonds is 2. The first-order chi connectivity index (χ1) is 12.5. The van der Waals surface area contributed by atoms with Crippen molar-refractivity contribution in [3.05, 3.63) is 12.2 Å². The Bertz CT molecular complexity index is 529. The molecule has 0 bridgehead atoms. The molecule has 0 radical (unpaired) electrons. The molecule has 0 heterocycles. The Balaban J connectivity index is 2.29. The van der Waals surface area contributed by atoms with Crippen molar-refractivity contribution >= 4 is 17.7 Å². The maximum atomic E-state index is 12.9. The van der Waals surface area contributed by atoms with Gasteiger partial charge in [0.25, 0.3) is 0 Å². The number of hydrogen-bond acceptors (Lipinski definition) is 5. The largest absolute Gasteiger partial charge is 0.468 e. The van der Waals surface area contributed by atoms with Gasteiger partial charge >= 0.3 is 11.9 Å². The number of carbonyl (C=O) groups excluding carboxylic acids is 3. The van der Waals surface area contributed by atoms with Crippen molar-refractivity contribution in [1.29, 1.82) is 0 Å². The van der Waals surface area contributed by atoms with Crippen LogP contribution in [0.15, 0.2) is 12.2 Å². The Hall–Kier alpha value is -1.65. The predicted octanol–water partition coefficient (Wildman–Crippen LogP) is 4.14. The number of hydrogen-bond donors (Lipinski definition) is 0. The number of esters is 2. The quantitative estimate of drug-likeness (QED) is 0.418. The molecule has 2 rings (SSSR count). The second-order valence-electron chi connectivity index (χ2n) is 7.60. The van der Waals surface area contributed by atoms with Crippen molar-refractivity contribution in [1.82, 2.24) is 0 Å². The molecule has 1 unspecified atom stereocenters. The first-order valence-corrected chi connectivity index (χ1v) is 9.96. The van der Waals surface area contributed by atoms with Gasteiger partial charge in [0.15, 0.2) is 5.78 Å². The fourth-order valence-electron chi connectivity index (χ4n) is 4.50. The van der Waals surface area contributed by atoms with Crippen molar-refractivity contribution in [2.45, 2.75) is 83.7 Å². The Kier molecular flexibility index (Phi) is 7.85.